The fourth-order valence-corrected chi connectivity index (χ4v) is 1.84. The summed E-state index contributed by atoms with van der Waals surface area (Å²) in [6, 6.07) is 7.62. The van der Waals surface area contributed by atoms with Crippen molar-refractivity contribution >= 4 is 27.5 Å². The lowest BCUT2D eigenvalue weighted by Gasteiger charge is -2.05. The first-order valence-corrected chi connectivity index (χ1v) is 6.07. The van der Waals surface area contributed by atoms with Crippen LogP contribution in [-0.4, -0.2) is 10.9 Å². The zero-order valence-corrected chi connectivity index (χ0v) is 10.9. The topological polar surface area (TPSA) is 42.0 Å². The second-order valence-electron chi connectivity index (χ2n) is 3.74. The third-order valence-electron chi connectivity index (χ3n) is 2.27. The van der Waals surface area contributed by atoms with Crippen LogP contribution in [0.5, 0.6) is 0 Å². The summed E-state index contributed by atoms with van der Waals surface area (Å²) in [7, 11) is 0. The Balaban J connectivity index is 1.98. The number of halogens is 2. The molecule has 0 bridgehead atoms. The number of nitrogens with one attached hydrogen (secondary N) is 1. The molecule has 5 heteroatoms. The van der Waals surface area contributed by atoms with Gasteiger partial charge in [0.25, 0.3) is 0 Å². The largest absolute Gasteiger partial charge is 0.324 e. The van der Waals surface area contributed by atoms with Crippen molar-refractivity contribution in [3.05, 3.63) is 58.6 Å². The molecule has 0 unspecified atom stereocenters. The molecule has 1 heterocycles. The van der Waals surface area contributed by atoms with E-state index >= 15 is 0 Å². The molecule has 0 aliphatic heterocycles. The van der Waals surface area contributed by atoms with Crippen molar-refractivity contribution in [1.29, 1.82) is 0 Å². The second-order valence-corrected chi connectivity index (χ2v) is 4.66. The van der Waals surface area contributed by atoms with Crippen LogP contribution in [0.3, 0.4) is 0 Å². The van der Waals surface area contributed by atoms with Crippen molar-refractivity contribution in [2.24, 2.45) is 0 Å². The highest BCUT2D eigenvalue weighted by atomic mass is 79.9. The standard InChI is InChI=1S/C13H10BrFN2O/c14-10-6-12(8-16-7-10)17-13(18)5-9-1-3-11(15)4-2-9/h1-4,6-8H,5H2,(H,17,18). The Morgan fingerprint density at radius 3 is 2.67 bits per heavy atom. The summed E-state index contributed by atoms with van der Waals surface area (Å²) < 4.78 is 13.5. The Labute approximate surface area is 112 Å². The Bertz CT molecular complexity index is 557. The molecule has 1 amide bonds. The molecule has 0 atom stereocenters. The van der Waals surface area contributed by atoms with Gasteiger partial charge in [-0.1, -0.05) is 12.1 Å². The number of nitrogens with zero attached hydrogens (tertiary/aromatic N) is 1. The number of carbonyl (C=O) groups excluding carboxylic acids is 1. The van der Waals surface area contributed by atoms with E-state index in [1.54, 1.807) is 30.6 Å². The highest BCUT2D eigenvalue weighted by molar-refractivity contribution is 9.10. The van der Waals surface area contributed by atoms with Crippen LogP contribution in [0.2, 0.25) is 0 Å². The van der Waals surface area contributed by atoms with Gasteiger partial charge in [0.2, 0.25) is 5.91 Å². The number of anilines is 1. The fraction of sp³-hybridized carbons (Fsp3) is 0.0769. The summed E-state index contributed by atoms with van der Waals surface area (Å²) in [4.78, 5) is 15.7. The fourth-order valence-electron chi connectivity index (χ4n) is 1.47. The Morgan fingerprint density at radius 2 is 2.00 bits per heavy atom. The van der Waals surface area contributed by atoms with Crippen LogP contribution >= 0.6 is 15.9 Å². The van der Waals surface area contributed by atoms with Crippen LogP contribution in [-0.2, 0) is 11.2 Å². The number of rotatable bonds is 3. The number of amides is 1. The zero-order valence-electron chi connectivity index (χ0n) is 9.36. The first kappa shape index (κ1) is 12.7. The lowest BCUT2D eigenvalue weighted by atomic mass is 10.1. The molecule has 1 aromatic heterocycles. The minimum atomic E-state index is -0.310. The monoisotopic (exact) mass is 308 g/mol. The molecule has 0 aliphatic rings. The van der Waals surface area contributed by atoms with E-state index in [9.17, 15) is 9.18 Å². The van der Waals surface area contributed by atoms with E-state index in [0.717, 1.165) is 10.0 Å². The molecule has 0 radical (unpaired) electrons. The van der Waals surface area contributed by atoms with Crippen molar-refractivity contribution in [2.75, 3.05) is 5.32 Å². The third kappa shape index (κ3) is 3.63. The quantitative estimate of drug-likeness (QED) is 0.946. The van der Waals surface area contributed by atoms with Crippen molar-refractivity contribution in [3.8, 4) is 0 Å². The molecule has 0 spiro atoms. The second kappa shape index (κ2) is 5.73. The first-order chi connectivity index (χ1) is 8.63. The summed E-state index contributed by atoms with van der Waals surface area (Å²) in [5.41, 5.74) is 1.38. The lowest BCUT2D eigenvalue weighted by molar-refractivity contribution is -0.115. The Hall–Kier alpha value is -1.75. The first-order valence-electron chi connectivity index (χ1n) is 5.28. The van der Waals surface area contributed by atoms with Crippen LogP contribution in [0.1, 0.15) is 5.56 Å². The van der Waals surface area contributed by atoms with E-state index in [-0.39, 0.29) is 18.1 Å². The summed E-state index contributed by atoms with van der Waals surface area (Å²) in [5, 5.41) is 2.72. The lowest BCUT2D eigenvalue weighted by Crippen LogP contribution is -2.14. The number of benzene rings is 1. The van der Waals surface area contributed by atoms with Crippen molar-refractivity contribution in [3.63, 3.8) is 0 Å². The average Bonchev–Trinajstić information content (AvgIpc) is 2.32. The molecule has 1 aromatic carbocycles. The van der Waals surface area contributed by atoms with E-state index in [1.807, 2.05) is 0 Å². The predicted molar refractivity (Wildman–Crippen MR) is 70.7 cm³/mol. The summed E-state index contributed by atoms with van der Waals surface area (Å²) >= 11 is 3.27. The molecule has 0 fully saturated rings. The van der Waals surface area contributed by atoms with Gasteiger partial charge in [0.05, 0.1) is 18.3 Å². The minimum absolute atomic E-state index is 0.165. The van der Waals surface area contributed by atoms with Gasteiger partial charge in [-0.3, -0.25) is 9.78 Å². The van der Waals surface area contributed by atoms with E-state index in [4.69, 9.17) is 0 Å². The molecule has 92 valence electrons. The van der Waals surface area contributed by atoms with Crippen LogP contribution in [0.25, 0.3) is 0 Å². The maximum absolute atomic E-state index is 12.7. The number of hydrogen-bond acceptors (Lipinski definition) is 2. The molecule has 0 saturated carbocycles. The Kier molecular flexibility index (Phi) is 4.04. The molecular weight excluding hydrogens is 299 g/mol. The molecule has 2 aromatic rings. The zero-order chi connectivity index (χ0) is 13.0. The molecule has 2 rings (SSSR count). The molecular formula is C13H10BrFN2O. The van der Waals surface area contributed by atoms with Crippen LogP contribution in [0.4, 0.5) is 10.1 Å². The van der Waals surface area contributed by atoms with Gasteiger partial charge in [-0.15, -0.1) is 0 Å². The highest BCUT2D eigenvalue weighted by Crippen LogP contribution is 2.14. The van der Waals surface area contributed by atoms with E-state index in [2.05, 4.69) is 26.2 Å². The van der Waals surface area contributed by atoms with E-state index < -0.39 is 0 Å². The van der Waals surface area contributed by atoms with E-state index in [0.29, 0.717) is 5.69 Å². The maximum atomic E-state index is 12.7. The average molecular weight is 309 g/mol. The highest BCUT2D eigenvalue weighted by Gasteiger charge is 2.04. The summed E-state index contributed by atoms with van der Waals surface area (Å²) in [5.74, 6) is -0.475. The molecule has 0 saturated heterocycles. The number of pyridine rings is 1. The SMILES string of the molecule is O=C(Cc1ccc(F)cc1)Nc1cncc(Br)c1. The van der Waals surface area contributed by atoms with Gasteiger partial charge in [-0.25, -0.2) is 4.39 Å². The van der Waals surface area contributed by atoms with Gasteiger partial charge in [0, 0.05) is 10.7 Å². The third-order valence-corrected chi connectivity index (χ3v) is 2.70. The molecule has 1 N–H and O–H groups in total. The Morgan fingerprint density at radius 1 is 1.28 bits per heavy atom. The number of hydrogen-bond donors (Lipinski definition) is 1. The van der Waals surface area contributed by atoms with Crippen LogP contribution < -0.4 is 5.32 Å². The van der Waals surface area contributed by atoms with Crippen LogP contribution in [0, 0.1) is 5.82 Å². The van der Waals surface area contributed by atoms with Gasteiger partial charge in [0.15, 0.2) is 0 Å². The number of aromatic nitrogens is 1. The number of carbonyl (C=O) groups is 1. The van der Waals surface area contributed by atoms with Crippen LogP contribution in [0.15, 0.2) is 47.2 Å². The summed E-state index contributed by atoms with van der Waals surface area (Å²) in [6.07, 6.45) is 3.40. The molecule has 18 heavy (non-hydrogen) atoms. The van der Waals surface area contributed by atoms with Gasteiger partial charge in [0.1, 0.15) is 5.82 Å². The molecule has 0 aliphatic carbocycles. The minimum Gasteiger partial charge on any atom is -0.324 e. The van der Waals surface area contributed by atoms with Gasteiger partial charge in [-0.05, 0) is 39.7 Å². The van der Waals surface area contributed by atoms with Gasteiger partial charge in [-0.2, -0.15) is 0 Å². The van der Waals surface area contributed by atoms with Crippen molar-refractivity contribution in [2.45, 2.75) is 6.42 Å². The van der Waals surface area contributed by atoms with Gasteiger partial charge < -0.3 is 5.32 Å². The van der Waals surface area contributed by atoms with Gasteiger partial charge >= 0.3 is 0 Å². The maximum Gasteiger partial charge on any atom is 0.228 e. The molecule has 3 nitrogen and oxygen atoms in total. The predicted octanol–water partition coefficient (Wildman–Crippen LogP) is 3.16. The summed E-state index contributed by atoms with van der Waals surface area (Å²) in [6.45, 7) is 0. The van der Waals surface area contributed by atoms with E-state index in [1.165, 1.54) is 12.1 Å². The van der Waals surface area contributed by atoms with Crippen molar-refractivity contribution in [1.82, 2.24) is 4.98 Å². The smallest absolute Gasteiger partial charge is 0.228 e. The van der Waals surface area contributed by atoms with Crippen molar-refractivity contribution < 1.29 is 9.18 Å². The normalized spacial score (nSPS) is 10.1.